The van der Waals surface area contributed by atoms with Gasteiger partial charge in [0.2, 0.25) is 0 Å². The summed E-state index contributed by atoms with van der Waals surface area (Å²) in [7, 11) is 1.67. The summed E-state index contributed by atoms with van der Waals surface area (Å²) in [6.07, 6.45) is 4.01. The Kier molecular flexibility index (Phi) is 3.60. The van der Waals surface area contributed by atoms with Gasteiger partial charge in [0, 0.05) is 16.9 Å². The van der Waals surface area contributed by atoms with E-state index in [9.17, 15) is 0 Å². The number of hydrogen-bond acceptors (Lipinski definition) is 3. The topological polar surface area (TPSA) is 38.6 Å². The van der Waals surface area contributed by atoms with E-state index in [0.29, 0.717) is 6.54 Å². The monoisotopic (exact) mass is 331 g/mol. The molecule has 0 amide bonds. The average molecular weight is 332 g/mol. The van der Waals surface area contributed by atoms with Gasteiger partial charge in [-0.15, -0.1) is 0 Å². The summed E-state index contributed by atoms with van der Waals surface area (Å²) < 4.78 is 8.36. The minimum atomic E-state index is 0.647. The van der Waals surface area contributed by atoms with Crippen LogP contribution >= 0.6 is 15.9 Å². The fourth-order valence-corrected chi connectivity index (χ4v) is 2.44. The highest BCUT2D eigenvalue weighted by atomic mass is 79.9. The Labute approximate surface area is 125 Å². The van der Waals surface area contributed by atoms with Crippen LogP contribution < -0.4 is 10.1 Å². The summed E-state index contributed by atoms with van der Waals surface area (Å²) in [6.45, 7) is 0.647. The van der Waals surface area contributed by atoms with Crippen molar-refractivity contribution in [3.05, 3.63) is 59.0 Å². The van der Waals surface area contributed by atoms with Gasteiger partial charge in [-0.3, -0.25) is 0 Å². The zero-order valence-corrected chi connectivity index (χ0v) is 12.6. The normalized spacial score (nSPS) is 10.7. The number of fused-ring (bicyclic) bond motifs is 1. The lowest BCUT2D eigenvalue weighted by Crippen LogP contribution is -2.01. The minimum absolute atomic E-state index is 0.647. The maximum Gasteiger partial charge on any atom is 0.142 e. The van der Waals surface area contributed by atoms with Crippen LogP contribution in [0.4, 0.5) is 5.69 Å². The van der Waals surface area contributed by atoms with Crippen LogP contribution in [0.3, 0.4) is 0 Å². The first-order chi connectivity index (χ1) is 9.76. The third-order valence-corrected chi connectivity index (χ3v) is 3.53. The molecule has 0 bridgehead atoms. The van der Waals surface area contributed by atoms with Crippen LogP contribution in [0.5, 0.6) is 5.75 Å². The molecule has 0 fully saturated rings. The number of halogens is 1. The molecule has 1 aromatic carbocycles. The van der Waals surface area contributed by atoms with Crippen molar-refractivity contribution in [2.75, 3.05) is 12.4 Å². The van der Waals surface area contributed by atoms with Gasteiger partial charge in [-0.2, -0.15) is 0 Å². The summed E-state index contributed by atoms with van der Waals surface area (Å²) in [5.41, 5.74) is 2.88. The lowest BCUT2D eigenvalue weighted by Gasteiger charge is -2.10. The fraction of sp³-hybridized carbons (Fsp3) is 0.133. The third-order valence-electron chi connectivity index (χ3n) is 3.04. The van der Waals surface area contributed by atoms with Crippen molar-refractivity contribution in [1.29, 1.82) is 0 Å². The molecule has 0 unspecified atom stereocenters. The molecule has 0 aliphatic rings. The number of ether oxygens (including phenoxy) is 1. The molecule has 3 aromatic rings. The Hall–Kier alpha value is -2.01. The minimum Gasteiger partial charge on any atom is -0.495 e. The molecule has 0 aliphatic heterocycles. The summed E-state index contributed by atoms with van der Waals surface area (Å²) in [4.78, 5) is 4.55. The van der Waals surface area contributed by atoms with Crippen LogP contribution in [0.15, 0.2) is 53.3 Å². The second-order valence-electron chi connectivity index (χ2n) is 4.40. The molecule has 0 saturated carbocycles. The Morgan fingerprint density at radius 2 is 2.20 bits per heavy atom. The number of nitrogens with one attached hydrogen (secondary N) is 1. The highest BCUT2D eigenvalue weighted by Gasteiger charge is 2.05. The smallest absolute Gasteiger partial charge is 0.142 e. The SMILES string of the molecule is COc1ccc(Br)cc1NCc1cn2ccccc2n1. The van der Waals surface area contributed by atoms with Crippen LogP contribution in [-0.2, 0) is 6.54 Å². The molecule has 0 spiro atoms. The fourth-order valence-electron chi connectivity index (χ4n) is 2.08. The average Bonchev–Trinajstić information content (AvgIpc) is 2.88. The molecule has 1 N–H and O–H groups in total. The number of imidazole rings is 1. The number of rotatable bonds is 4. The number of pyridine rings is 1. The van der Waals surface area contributed by atoms with E-state index in [1.165, 1.54) is 0 Å². The number of aromatic nitrogens is 2. The summed E-state index contributed by atoms with van der Waals surface area (Å²) in [5.74, 6) is 0.817. The quantitative estimate of drug-likeness (QED) is 0.791. The van der Waals surface area contributed by atoms with Crippen LogP contribution in [0.1, 0.15) is 5.69 Å². The van der Waals surface area contributed by atoms with Gasteiger partial charge in [-0.1, -0.05) is 22.0 Å². The molecule has 2 heterocycles. The van der Waals surface area contributed by atoms with Crippen LogP contribution in [-0.4, -0.2) is 16.5 Å². The van der Waals surface area contributed by atoms with E-state index >= 15 is 0 Å². The van der Waals surface area contributed by atoms with Gasteiger partial charge in [0.1, 0.15) is 11.4 Å². The first-order valence-electron chi connectivity index (χ1n) is 6.26. The maximum absolute atomic E-state index is 5.34. The molecular weight excluding hydrogens is 318 g/mol. The van der Waals surface area contributed by atoms with E-state index in [4.69, 9.17) is 4.74 Å². The highest BCUT2D eigenvalue weighted by Crippen LogP contribution is 2.28. The summed E-state index contributed by atoms with van der Waals surface area (Å²) in [5, 5.41) is 3.35. The van der Waals surface area contributed by atoms with Gasteiger partial charge in [-0.25, -0.2) is 4.98 Å². The molecule has 0 atom stereocenters. The van der Waals surface area contributed by atoms with Gasteiger partial charge in [-0.05, 0) is 30.3 Å². The molecule has 20 heavy (non-hydrogen) atoms. The number of nitrogens with zero attached hydrogens (tertiary/aromatic N) is 2. The van der Waals surface area contributed by atoms with Gasteiger partial charge in [0.25, 0.3) is 0 Å². The first kappa shape index (κ1) is 13.0. The first-order valence-corrected chi connectivity index (χ1v) is 7.05. The van der Waals surface area contributed by atoms with E-state index in [1.54, 1.807) is 7.11 Å². The molecule has 2 aromatic heterocycles. The summed E-state index contributed by atoms with van der Waals surface area (Å²) >= 11 is 3.46. The molecule has 0 aliphatic carbocycles. The lowest BCUT2D eigenvalue weighted by molar-refractivity contribution is 0.416. The molecular formula is C15H14BrN3O. The molecule has 4 nitrogen and oxygen atoms in total. The van der Waals surface area contributed by atoms with Crippen LogP contribution in [0.2, 0.25) is 0 Å². The van der Waals surface area contributed by atoms with Gasteiger partial charge < -0.3 is 14.5 Å². The lowest BCUT2D eigenvalue weighted by atomic mass is 10.3. The predicted molar refractivity (Wildman–Crippen MR) is 83.2 cm³/mol. The number of hydrogen-bond donors (Lipinski definition) is 1. The largest absolute Gasteiger partial charge is 0.495 e. The highest BCUT2D eigenvalue weighted by molar-refractivity contribution is 9.10. The van der Waals surface area contributed by atoms with Crippen molar-refractivity contribution in [3.63, 3.8) is 0 Å². The Morgan fingerprint density at radius 3 is 3.00 bits per heavy atom. The van der Waals surface area contributed by atoms with Crippen molar-refractivity contribution >= 4 is 27.3 Å². The maximum atomic E-state index is 5.34. The van der Waals surface area contributed by atoms with E-state index < -0.39 is 0 Å². The Balaban J connectivity index is 1.80. The van der Waals surface area contributed by atoms with E-state index in [1.807, 2.05) is 53.2 Å². The molecule has 3 rings (SSSR count). The molecule has 5 heteroatoms. The van der Waals surface area contributed by atoms with Crippen molar-refractivity contribution in [2.24, 2.45) is 0 Å². The second-order valence-corrected chi connectivity index (χ2v) is 5.31. The number of methoxy groups -OCH3 is 1. The second kappa shape index (κ2) is 5.54. The van der Waals surface area contributed by atoms with E-state index in [-0.39, 0.29) is 0 Å². The Morgan fingerprint density at radius 1 is 1.30 bits per heavy atom. The van der Waals surface area contributed by atoms with Crippen molar-refractivity contribution < 1.29 is 4.74 Å². The third kappa shape index (κ3) is 2.63. The predicted octanol–water partition coefficient (Wildman–Crippen LogP) is 3.72. The van der Waals surface area contributed by atoms with E-state index in [0.717, 1.165) is 27.3 Å². The van der Waals surface area contributed by atoms with Crippen molar-refractivity contribution in [1.82, 2.24) is 9.38 Å². The van der Waals surface area contributed by atoms with E-state index in [2.05, 4.69) is 26.2 Å². The van der Waals surface area contributed by atoms with Crippen molar-refractivity contribution in [2.45, 2.75) is 6.54 Å². The molecule has 0 radical (unpaired) electrons. The molecule has 0 saturated heterocycles. The van der Waals surface area contributed by atoms with Gasteiger partial charge in [0.15, 0.2) is 0 Å². The Bertz CT molecular complexity index is 706. The number of benzene rings is 1. The van der Waals surface area contributed by atoms with Gasteiger partial charge in [0.05, 0.1) is 25.0 Å². The van der Waals surface area contributed by atoms with Crippen molar-refractivity contribution in [3.8, 4) is 5.75 Å². The summed E-state index contributed by atoms with van der Waals surface area (Å²) in [6, 6.07) is 11.8. The molecule has 102 valence electrons. The van der Waals surface area contributed by atoms with Crippen LogP contribution in [0.25, 0.3) is 5.65 Å². The zero-order valence-electron chi connectivity index (χ0n) is 11.0. The van der Waals surface area contributed by atoms with Crippen LogP contribution in [0, 0.1) is 0 Å². The number of anilines is 1. The zero-order chi connectivity index (χ0) is 13.9. The van der Waals surface area contributed by atoms with Gasteiger partial charge >= 0.3 is 0 Å². The standard InChI is InChI=1S/C15H14BrN3O/c1-20-14-6-5-11(16)8-13(14)17-9-12-10-19-7-3-2-4-15(19)18-12/h2-8,10,17H,9H2,1H3.